The number of primary amides is 1. The topological polar surface area (TPSA) is 62.5 Å². The first-order chi connectivity index (χ1) is 12.0. The average molecular weight is 427 g/mol. The van der Waals surface area contributed by atoms with Crippen LogP contribution in [0.5, 0.6) is 0 Å². The van der Waals surface area contributed by atoms with Crippen LogP contribution in [-0.4, -0.2) is 42.0 Å². The zero-order chi connectivity index (χ0) is 18.0. The summed E-state index contributed by atoms with van der Waals surface area (Å²) in [5.41, 5.74) is 7.00. The number of benzene rings is 1. The van der Waals surface area contributed by atoms with E-state index >= 15 is 0 Å². The number of amides is 1. The van der Waals surface area contributed by atoms with Crippen molar-refractivity contribution in [3.05, 3.63) is 44.1 Å². The van der Waals surface area contributed by atoms with Crippen LogP contribution in [0.2, 0.25) is 0 Å². The lowest BCUT2D eigenvalue weighted by atomic mass is 10.1. The predicted molar refractivity (Wildman–Crippen MR) is 102 cm³/mol. The molecule has 1 saturated heterocycles. The van der Waals surface area contributed by atoms with Crippen LogP contribution in [0.25, 0.3) is 0 Å². The summed E-state index contributed by atoms with van der Waals surface area (Å²) in [6.07, 6.45) is 0.961. The number of hydrogen-bond donors (Lipinski definition) is 1. The molecule has 0 aliphatic carbocycles. The lowest BCUT2D eigenvalue weighted by molar-refractivity contribution is 0.0996. The van der Waals surface area contributed by atoms with Gasteiger partial charge in [0.15, 0.2) is 0 Å². The van der Waals surface area contributed by atoms with E-state index in [-0.39, 0.29) is 5.56 Å². The monoisotopic (exact) mass is 426 g/mol. The molecule has 0 radical (unpaired) electrons. The molecule has 1 aromatic carbocycles. The maximum Gasteiger partial charge on any atom is 0.253 e. The number of hydrogen-bond acceptors (Lipinski definition) is 5. The van der Waals surface area contributed by atoms with Crippen LogP contribution in [0.1, 0.15) is 28.0 Å². The Labute approximate surface area is 158 Å². The molecule has 1 aliphatic rings. The fourth-order valence-corrected chi connectivity index (χ4v) is 4.17. The molecule has 0 spiro atoms. The van der Waals surface area contributed by atoms with Gasteiger partial charge < -0.3 is 10.6 Å². The summed E-state index contributed by atoms with van der Waals surface area (Å²) in [5, 5.41) is 3.27. The minimum absolute atomic E-state index is 0.0382. The summed E-state index contributed by atoms with van der Waals surface area (Å²) in [6, 6.07) is 3.03. The fourth-order valence-electron chi connectivity index (χ4n) is 3.01. The highest BCUT2D eigenvalue weighted by Crippen LogP contribution is 2.29. The summed E-state index contributed by atoms with van der Waals surface area (Å²) in [5.74, 6) is -1.33. The van der Waals surface area contributed by atoms with E-state index in [0.29, 0.717) is 23.2 Å². The molecule has 25 heavy (non-hydrogen) atoms. The van der Waals surface area contributed by atoms with Gasteiger partial charge in [-0.05, 0) is 18.6 Å². The third-order valence-corrected chi connectivity index (χ3v) is 5.78. The number of thiazole rings is 1. The second kappa shape index (κ2) is 7.80. The molecule has 1 aliphatic heterocycles. The molecule has 0 atom stereocenters. The average Bonchev–Trinajstić information content (AvgIpc) is 3.02. The maximum absolute atomic E-state index is 14.1. The zero-order valence-corrected chi connectivity index (χ0v) is 16.4. The van der Waals surface area contributed by atoms with Crippen molar-refractivity contribution in [3.63, 3.8) is 0 Å². The predicted octanol–water partition coefficient (Wildman–Crippen LogP) is 3.03. The first-order valence-corrected chi connectivity index (χ1v) is 9.84. The number of carbonyl (C=O) groups excluding carboxylic acids is 1. The van der Waals surface area contributed by atoms with Crippen molar-refractivity contribution >= 4 is 38.9 Å². The molecule has 134 valence electrons. The van der Waals surface area contributed by atoms with Gasteiger partial charge in [0.2, 0.25) is 0 Å². The summed E-state index contributed by atoms with van der Waals surface area (Å²) >= 11 is 4.99. The second-order valence-electron chi connectivity index (χ2n) is 6.00. The Hall–Kier alpha value is -1.51. The number of piperazine rings is 1. The van der Waals surface area contributed by atoms with Crippen LogP contribution in [-0.2, 0) is 13.0 Å². The van der Waals surface area contributed by atoms with Crippen molar-refractivity contribution in [2.24, 2.45) is 5.73 Å². The number of nitrogens with two attached hydrogens (primary N) is 1. The standard InChI is InChI=1S/C17H20BrFN4OS/c1-2-15-21-12(10-25-15)9-22-3-5-23(6-4-22)14-8-11(18)7-13(19)16(14)17(20)24/h7-8,10H,2-6,9H2,1H3,(H2,20,24). The highest BCUT2D eigenvalue weighted by Gasteiger charge is 2.24. The van der Waals surface area contributed by atoms with Gasteiger partial charge in [-0.2, -0.15) is 0 Å². The molecule has 0 unspecified atom stereocenters. The van der Waals surface area contributed by atoms with Gasteiger partial charge in [-0.1, -0.05) is 22.9 Å². The number of nitrogens with zero attached hydrogens (tertiary/aromatic N) is 3. The van der Waals surface area contributed by atoms with E-state index < -0.39 is 11.7 Å². The molecular weight excluding hydrogens is 407 g/mol. The fraction of sp³-hybridized carbons (Fsp3) is 0.412. The number of rotatable bonds is 5. The van der Waals surface area contributed by atoms with Gasteiger partial charge in [0.1, 0.15) is 5.82 Å². The quantitative estimate of drug-likeness (QED) is 0.797. The Bertz CT molecular complexity index is 774. The first-order valence-electron chi connectivity index (χ1n) is 8.17. The lowest BCUT2D eigenvalue weighted by Crippen LogP contribution is -2.46. The van der Waals surface area contributed by atoms with E-state index in [1.807, 2.05) is 4.90 Å². The Morgan fingerprint density at radius 3 is 2.68 bits per heavy atom. The molecule has 0 bridgehead atoms. The van der Waals surface area contributed by atoms with Crippen molar-refractivity contribution in [2.45, 2.75) is 19.9 Å². The van der Waals surface area contributed by atoms with E-state index in [9.17, 15) is 9.18 Å². The Kier molecular flexibility index (Phi) is 5.71. The van der Waals surface area contributed by atoms with E-state index in [1.165, 1.54) is 6.07 Å². The van der Waals surface area contributed by atoms with Crippen LogP contribution in [0.15, 0.2) is 22.0 Å². The zero-order valence-electron chi connectivity index (χ0n) is 14.0. The Balaban J connectivity index is 1.69. The van der Waals surface area contributed by atoms with Crippen LogP contribution in [0, 0.1) is 5.82 Å². The van der Waals surface area contributed by atoms with Gasteiger partial charge >= 0.3 is 0 Å². The Morgan fingerprint density at radius 1 is 1.36 bits per heavy atom. The molecule has 2 N–H and O–H groups in total. The normalized spacial score (nSPS) is 15.6. The molecule has 1 aromatic heterocycles. The van der Waals surface area contributed by atoms with Gasteiger partial charge in [-0.3, -0.25) is 9.69 Å². The Morgan fingerprint density at radius 2 is 2.08 bits per heavy atom. The van der Waals surface area contributed by atoms with Gasteiger partial charge in [0.05, 0.1) is 22.0 Å². The molecule has 3 rings (SSSR count). The van der Waals surface area contributed by atoms with Gasteiger partial charge in [-0.15, -0.1) is 11.3 Å². The molecule has 1 fully saturated rings. The van der Waals surface area contributed by atoms with E-state index in [1.54, 1.807) is 17.4 Å². The summed E-state index contributed by atoms with van der Waals surface area (Å²) in [4.78, 5) is 20.6. The lowest BCUT2D eigenvalue weighted by Gasteiger charge is -2.36. The van der Waals surface area contributed by atoms with Crippen molar-refractivity contribution in [1.29, 1.82) is 0 Å². The summed E-state index contributed by atoms with van der Waals surface area (Å²) in [6.45, 7) is 5.99. The van der Waals surface area contributed by atoms with Crippen LogP contribution < -0.4 is 10.6 Å². The summed E-state index contributed by atoms with van der Waals surface area (Å²) in [7, 11) is 0. The van der Waals surface area contributed by atoms with Crippen molar-refractivity contribution in [2.75, 3.05) is 31.1 Å². The number of halogens is 2. The molecule has 8 heteroatoms. The van der Waals surface area contributed by atoms with E-state index in [2.05, 4.69) is 38.1 Å². The van der Waals surface area contributed by atoms with E-state index in [0.717, 1.165) is 36.8 Å². The van der Waals surface area contributed by atoms with Crippen LogP contribution in [0.3, 0.4) is 0 Å². The maximum atomic E-state index is 14.1. The van der Waals surface area contributed by atoms with Crippen LogP contribution >= 0.6 is 27.3 Å². The number of aromatic nitrogens is 1. The van der Waals surface area contributed by atoms with Gasteiger partial charge in [0, 0.05) is 42.6 Å². The third kappa shape index (κ3) is 4.19. The molecule has 1 amide bonds. The molecule has 0 saturated carbocycles. The largest absolute Gasteiger partial charge is 0.368 e. The van der Waals surface area contributed by atoms with Gasteiger partial charge in [-0.25, -0.2) is 9.37 Å². The molecule has 2 aromatic rings. The number of anilines is 1. The van der Waals surface area contributed by atoms with E-state index in [4.69, 9.17) is 5.73 Å². The van der Waals surface area contributed by atoms with Crippen molar-refractivity contribution < 1.29 is 9.18 Å². The number of carbonyl (C=O) groups is 1. The second-order valence-corrected chi connectivity index (χ2v) is 7.85. The minimum Gasteiger partial charge on any atom is -0.368 e. The SMILES string of the molecule is CCc1nc(CN2CCN(c3cc(Br)cc(F)c3C(N)=O)CC2)cs1. The van der Waals surface area contributed by atoms with Gasteiger partial charge in [0.25, 0.3) is 5.91 Å². The molecule has 2 heterocycles. The minimum atomic E-state index is -0.739. The highest BCUT2D eigenvalue weighted by molar-refractivity contribution is 9.10. The van der Waals surface area contributed by atoms with Crippen molar-refractivity contribution in [3.8, 4) is 0 Å². The molecule has 5 nitrogen and oxygen atoms in total. The first kappa shape index (κ1) is 18.3. The number of aryl methyl sites for hydroxylation is 1. The highest BCUT2D eigenvalue weighted by atomic mass is 79.9. The smallest absolute Gasteiger partial charge is 0.253 e. The van der Waals surface area contributed by atoms with Crippen molar-refractivity contribution in [1.82, 2.24) is 9.88 Å². The van der Waals surface area contributed by atoms with Crippen LogP contribution in [0.4, 0.5) is 10.1 Å². The molecular formula is C17H20BrFN4OS. The summed E-state index contributed by atoms with van der Waals surface area (Å²) < 4.78 is 14.7. The third-order valence-electron chi connectivity index (χ3n) is 4.28.